The summed E-state index contributed by atoms with van der Waals surface area (Å²) in [5.41, 5.74) is 2.49. The van der Waals surface area contributed by atoms with Gasteiger partial charge in [-0.05, 0) is 23.9 Å². The van der Waals surface area contributed by atoms with Gasteiger partial charge in [-0.15, -0.1) is 0 Å². The quantitative estimate of drug-likeness (QED) is 0.571. The molecule has 20 heavy (non-hydrogen) atoms. The number of nitrogens with one attached hydrogen (secondary N) is 1. The molecular formula is C14H9N5S. The molecule has 5 nitrogen and oxygen atoms in total. The monoisotopic (exact) mass is 279 g/mol. The van der Waals surface area contributed by atoms with Gasteiger partial charge in [-0.2, -0.15) is 0 Å². The van der Waals surface area contributed by atoms with Gasteiger partial charge in [-0.25, -0.2) is 19.9 Å². The molecule has 0 fully saturated rings. The van der Waals surface area contributed by atoms with Gasteiger partial charge in [0.25, 0.3) is 0 Å². The number of benzene rings is 1. The van der Waals surface area contributed by atoms with Crippen molar-refractivity contribution in [2.45, 2.75) is 10.1 Å². The summed E-state index contributed by atoms with van der Waals surface area (Å²) in [4.78, 5) is 20.2. The van der Waals surface area contributed by atoms with Crippen LogP contribution in [0.1, 0.15) is 0 Å². The van der Waals surface area contributed by atoms with E-state index in [0.717, 1.165) is 26.5 Å². The highest BCUT2D eigenvalue weighted by Gasteiger charge is 2.08. The molecule has 0 spiro atoms. The number of hydrogen-bond donors (Lipinski definition) is 1. The van der Waals surface area contributed by atoms with Crippen LogP contribution in [0.4, 0.5) is 0 Å². The Morgan fingerprint density at radius 2 is 1.90 bits per heavy atom. The molecule has 3 heterocycles. The normalized spacial score (nSPS) is 11.2. The van der Waals surface area contributed by atoms with Crippen molar-refractivity contribution >= 4 is 33.8 Å². The molecule has 4 aromatic rings. The lowest BCUT2D eigenvalue weighted by molar-refractivity contribution is 1.08. The predicted octanol–water partition coefficient (Wildman–Crippen LogP) is 3.05. The number of para-hydroxylation sites is 1. The average molecular weight is 279 g/mol. The summed E-state index contributed by atoms with van der Waals surface area (Å²) in [6, 6.07) is 12.1. The fourth-order valence-corrected chi connectivity index (χ4v) is 2.85. The van der Waals surface area contributed by atoms with E-state index in [1.807, 2.05) is 24.3 Å². The molecule has 1 N–H and O–H groups in total. The fraction of sp³-hybridized carbons (Fsp3) is 0. The summed E-state index contributed by atoms with van der Waals surface area (Å²) < 4.78 is 0. The van der Waals surface area contributed by atoms with Gasteiger partial charge >= 0.3 is 0 Å². The van der Waals surface area contributed by atoms with Gasteiger partial charge in [0.1, 0.15) is 21.9 Å². The van der Waals surface area contributed by atoms with Crippen LogP contribution in [0.15, 0.2) is 59.1 Å². The fourth-order valence-electron chi connectivity index (χ4n) is 2.02. The van der Waals surface area contributed by atoms with Gasteiger partial charge in [0, 0.05) is 5.39 Å². The third-order valence-corrected chi connectivity index (χ3v) is 3.90. The van der Waals surface area contributed by atoms with Crippen LogP contribution in [0.3, 0.4) is 0 Å². The molecule has 96 valence electrons. The third kappa shape index (κ3) is 1.90. The number of H-pyrrole nitrogens is 1. The van der Waals surface area contributed by atoms with E-state index in [1.165, 1.54) is 18.1 Å². The Morgan fingerprint density at radius 1 is 0.950 bits per heavy atom. The molecule has 0 aliphatic heterocycles. The first-order valence-electron chi connectivity index (χ1n) is 6.08. The van der Waals surface area contributed by atoms with Crippen LogP contribution in [0.2, 0.25) is 0 Å². The molecule has 1 aromatic carbocycles. The minimum Gasteiger partial charge on any atom is -0.341 e. The number of aromatic nitrogens is 5. The number of imidazole rings is 1. The van der Waals surface area contributed by atoms with Crippen LogP contribution in [-0.4, -0.2) is 24.9 Å². The SMILES string of the molecule is c1ccc2nc(Sc3ncnc4nc[nH]c34)ccc2c1. The number of pyridine rings is 1. The molecule has 0 amide bonds. The van der Waals surface area contributed by atoms with E-state index in [1.54, 1.807) is 6.33 Å². The maximum atomic E-state index is 4.63. The Kier molecular flexibility index (Phi) is 2.60. The minimum absolute atomic E-state index is 0.670. The number of rotatable bonds is 2. The molecular weight excluding hydrogens is 270 g/mol. The Labute approximate surface area is 118 Å². The summed E-state index contributed by atoms with van der Waals surface area (Å²) in [6.07, 6.45) is 3.14. The van der Waals surface area contributed by atoms with Crippen molar-refractivity contribution in [3.8, 4) is 0 Å². The maximum absolute atomic E-state index is 4.63. The lowest BCUT2D eigenvalue weighted by atomic mass is 10.2. The second-order valence-electron chi connectivity index (χ2n) is 4.22. The van der Waals surface area contributed by atoms with Crippen LogP contribution in [0.25, 0.3) is 22.1 Å². The molecule has 4 rings (SSSR count). The molecule has 6 heteroatoms. The highest BCUT2D eigenvalue weighted by molar-refractivity contribution is 7.99. The second-order valence-corrected chi connectivity index (χ2v) is 5.23. The van der Waals surface area contributed by atoms with Crippen molar-refractivity contribution in [3.05, 3.63) is 49.1 Å². The smallest absolute Gasteiger partial charge is 0.181 e. The topological polar surface area (TPSA) is 67.3 Å². The molecule has 0 saturated carbocycles. The van der Waals surface area contributed by atoms with Crippen LogP contribution in [0.5, 0.6) is 0 Å². The minimum atomic E-state index is 0.670. The number of fused-ring (bicyclic) bond motifs is 2. The van der Waals surface area contributed by atoms with Crippen LogP contribution in [0, 0.1) is 0 Å². The van der Waals surface area contributed by atoms with Crippen molar-refractivity contribution in [1.82, 2.24) is 24.9 Å². The number of aromatic amines is 1. The zero-order chi connectivity index (χ0) is 13.4. The van der Waals surface area contributed by atoms with Gasteiger partial charge in [-0.1, -0.05) is 24.3 Å². The van der Waals surface area contributed by atoms with Crippen molar-refractivity contribution in [3.63, 3.8) is 0 Å². The molecule has 0 saturated heterocycles. The first kappa shape index (κ1) is 11.4. The van der Waals surface area contributed by atoms with E-state index in [2.05, 4.69) is 37.1 Å². The van der Waals surface area contributed by atoms with E-state index in [0.29, 0.717) is 5.65 Å². The Morgan fingerprint density at radius 3 is 2.90 bits per heavy atom. The van der Waals surface area contributed by atoms with Gasteiger partial charge in [-0.3, -0.25) is 0 Å². The van der Waals surface area contributed by atoms with Gasteiger partial charge in [0.05, 0.1) is 11.8 Å². The Hall–Kier alpha value is -2.47. The summed E-state index contributed by atoms with van der Waals surface area (Å²) in [5.74, 6) is 0. The molecule has 3 aromatic heterocycles. The number of hydrogen-bond acceptors (Lipinski definition) is 5. The van der Waals surface area contributed by atoms with E-state index in [9.17, 15) is 0 Å². The molecule has 0 bridgehead atoms. The summed E-state index contributed by atoms with van der Waals surface area (Å²) >= 11 is 1.50. The van der Waals surface area contributed by atoms with Gasteiger partial charge in [0.15, 0.2) is 5.65 Å². The lowest BCUT2D eigenvalue weighted by Gasteiger charge is -2.02. The lowest BCUT2D eigenvalue weighted by Crippen LogP contribution is -1.88. The average Bonchev–Trinajstić information content (AvgIpc) is 2.97. The van der Waals surface area contributed by atoms with E-state index < -0.39 is 0 Å². The molecule has 0 radical (unpaired) electrons. The Balaban J connectivity index is 1.78. The third-order valence-electron chi connectivity index (χ3n) is 2.96. The Bertz CT molecular complexity index is 902. The zero-order valence-corrected chi connectivity index (χ0v) is 11.1. The highest BCUT2D eigenvalue weighted by atomic mass is 32.2. The van der Waals surface area contributed by atoms with Crippen molar-refractivity contribution < 1.29 is 0 Å². The second kappa shape index (κ2) is 4.57. The predicted molar refractivity (Wildman–Crippen MR) is 77.5 cm³/mol. The first-order valence-corrected chi connectivity index (χ1v) is 6.89. The van der Waals surface area contributed by atoms with Crippen LogP contribution < -0.4 is 0 Å². The highest BCUT2D eigenvalue weighted by Crippen LogP contribution is 2.29. The van der Waals surface area contributed by atoms with Crippen molar-refractivity contribution in [2.24, 2.45) is 0 Å². The van der Waals surface area contributed by atoms with Crippen LogP contribution >= 0.6 is 11.8 Å². The maximum Gasteiger partial charge on any atom is 0.181 e. The zero-order valence-electron chi connectivity index (χ0n) is 10.3. The van der Waals surface area contributed by atoms with Gasteiger partial charge in [0.2, 0.25) is 0 Å². The molecule has 0 atom stereocenters. The summed E-state index contributed by atoms with van der Waals surface area (Å²) in [6.45, 7) is 0. The number of nitrogens with zero attached hydrogens (tertiary/aromatic N) is 4. The van der Waals surface area contributed by atoms with Gasteiger partial charge < -0.3 is 4.98 Å². The van der Waals surface area contributed by atoms with Crippen LogP contribution in [-0.2, 0) is 0 Å². The summed E-state index contributed by atoms with van der Waals surface area (Å²) in [7, 11) is 0. The first-order chi connectivity index (χ1) is 9.90. The van der Waals surface area contributed by atoms with E-state index in [-0.39, 0.29) is 0 Å². The molecule has 0 aliphatic carbocycles. The van der Waals surface area contributed by atoms with E-state index >= 15 is 0 Å². The summed E-state index contributed by atoms with van der Waals surface area (Å²) in [5, 5.41) is 2.86. The van der Waals surface area contributed by atoms with Crippen molar-refractivity contribution in [1.29, 1.82) is 0 Å². The largest absolute Gasteiger partial charge is 0.341 e. The molecule has 0 unspecified atom stereocenters. The molecule has 0 aliphatic rings. The standard InChI is InChI=1S/C14H9N5S/c1-2-4-10-9(3-1)5-6-11(19-10)20-14-12-13(16-7-15-12)17-8-18-14/h1-8H,(H,15,16,17,18). The van der Waals surface area contributed by atoms with Crippen molar-refractivity contribution in [2.75, 3.05) is 0 Å². The van der Waals surface area contributed by atoms with E-state index in [4.69, 9.17) is 0 Å².